The Morgan fingerprint density at radius 2 is 2.29 bits per heavy atom. The molecule has 0 bridgehead atoms. The lowest BCUT2D eigenvalue weighted by molar-refractivity contribution is 0.116. The SMILES string of the molecule is Nc1ccc(CN2CCCC(CO)C2)c(Cl)c1. The number of nitrogens with two attached hydrogens (primary N) is 1. The number of anilines is 1. The minimum atomic E-state index is 0.284. The van der Waals surface area contributed by atoms with Gasteiger partial charge in [0.25, 0.3) is 0 Å². The van der Waals surface area contributed by atoms with Crippen LogP contribution in [0, 0.1) is 5.92 Å². The fourth-order valence-electron chi connectivity index (χ4n) is 2.38. The molecule has 1 aromatic carbocycles. The Balaban J connectivity index is 2.00. The molecule has 1 aromatic rings. The summed E-state index contributed by atoms with van der Waals surface area (Å²) in [6.45, 7) is 3.16. The van der Waals surface area contributed by atoms with Crippen molar-refractivity contribution in [1.82, 2.24) is 4.90 Å². The second-order valence-electron chi connectivity index (χ2n) is 4.78. The van der Waals surface area contributed by atoms with Gasteiger partial charge in [0, 0.05) is 30.4 Å². The van der Waals surface area contributed by atoms with Crippen molar-refractivity contribution in [3.05, 3.63) is 28.8 Å². The van der Waals surface area contributed by atoms with Crippen molar-refractivity contribution in [2.24, 2.45) is 5.92 Å². The summed E-state index contributed by atoms with van der Waals surface area (Å²) < 4.78 is 0. The average Bonchev–Trinajstić information content (AvgIpc) is 2.33. The number of benzene rings is 1. The summed E-state index contributed by atoms with van der Waals surface area (Å²) in [5.74, 6) is 0.413. The predicted octanol–water partition coefficient (Wildman–Crippen LogP) is 2.13. The van der Waals surface area contributed by atoms with Gasteiger partial charge in [0.15, 0.2) is 0 Å². The monoisotopic (exact) mass is 254 g/mol. The Morgan fingerprint density at radius 3 is 3.00 bits per heavy atom. The number of halogens is 1. The van der Waals surface area contributed by atoms with Crippen LogP contribution in [0.25, 0.3) is 0 Å². The lowest BCUT2D eigenvalue weighted by atomic mass is 9.98. The van der Waals surface area contributed by atoms with Crippen molar-refractivity contribution in [2.45, 2.75) is 19.4 Å². The molecule has 1 heterocycles. The summed E-state index contributed by atoms with van der Waals surface area (Å²) in [4.78, 5) is 2.35. The molecule has 2 rings (SSSR count). The van der Waals surface area contributed by atoms with E-state index in [2.05, 4.69) is 4.90 Å². The van der Waals surface area contributed by atoms with E-state index < -0.39 is 0 Å². The highest BCUT2D eigenvalue weighted by Gasteiger charge is 2.19. The standard InChI is InChI=1S/C13H19ClN2O/c14-13-6-12(15)4-3-11(13)8-16-5-1-2-10(7-16)9-17/h3-4,6,10,17H,1-2,5,7-9,15H2. The number of piperidine rings is 1. The minimum Gasteiger partial charge on any atom is -0.399 e. The molecule has 0 saturated carbocycles. The Morgan fingerprint density at radius 1 is 1.47 bits per heavy atom. The predicted molar refractivity (Wildman–Crippen MR) is 71.0 cm³/mol. The summed E-state index contributed by atoms with van der Waals surface area (Å²) >= 11 is 6.16. The van der Waals surface area contributed by atoms with E-state index in [1.807, 2.05) is 12.1 Å². The Labute approximate surface area is 107 Å². The second kappa shape index (κ2) is 5.71. The molecule has 1 aliphatic rings. The van der Waals surface area contributed by atoms with Crippen LogP contribution in [0.15, 0.2) is 18.2 Å². The van der Waals surface area contributed by atoms with E-state index in [0.29, 0.717) is 11.6 Å². The highest BCUT2D eigenvalue weighted by molar-refractivity contribution is 6.31. The van der Waals surface area contributed by atoms with E-state index in [0.717, 1.165) is 43.1 Å². The molecule has 3 N–H and O–H groups in total. The van der Waals surface area contributed by atoms with E-state index in [-0.39, 0.29) is 6.61 Å². The van der Waals surface area contributed by atoms with Crippen LogP contribution < -0.4 is 5.73 Å². The van der Waals surface area contributed by atoms with Gasteiger partial charge >= 0.3 is 0 Å². The molecule has 17 heavy (non-hydrogen) atoms. The number of hydrogen-bond donors (Lipinski definition) is 2. The van der Waals surface area contributed by atoms with Crippen molar-refractivity contribution in [2.75, 3.05) is 25.4 Å². The van der Waals surface area contributed by atoms with Gasteiger partial charge in [-0.05, 0) is 43.0 Å². The Kier molecular flexibility index (Phi) is 4.26. The maximum atomic E-state index is 9.20. The van der Waals surface area contributed by atoms with Crippen LogP contribution in [0.5, 0.6) is 0 Å². The maximum absolute atomic E-state index is 9.20. The third kappa shape index (κ3) is 3.35. The third-order valence-electron chi connectivity index (χ3n) is 3.33. The van der Waals surface area contributed by atoms with Crippen molar-refractivity contribution >= 4 is 17.3 Å². The van der Waals surface area contributed by atoms with Crippen molar-refractivity contribution < 1.29 is 5.11 Å². The zero-order valence-electron chi connectivity index (χ0n) is 9.90. The van der Waals surface area contributed by atoms with Crippen molar-refractivity contribution in [3.63, 3.8) is 0 Å². The molecule has 0 aromatic heterocycles. The number of aliphatic hydroxyl groups is 1. The van der Waals surface area contributed by atoms with Gasteiger partial charge in [0.05, 0.1) is 0 Å². The normalized spacial score (nSPS) is 21.6. The fourth-order valence-corrected chi connectivity index (χ4v) is 2.63. The molecule has 1 atom stereocenters. The molecular weight excluding hydrogens is 236 g/mol. The van der Waals surface area contributed by atoms with Gasteiger partial charge in [0.2, 0.25) is 0 Å². The van der Waals surface area contributed by atoms with Gasteiger partial charge in [-0.3, -0.25) is 4.90 Å². The molecule has 1 fully saturated rings. The molecular formula is C13H19ClN2O. The average molecular weight is 255 g/mol. The molecule has 1 aliphatic heterocycles. The largest absolute Gasteiger partial charge is 0.399 e. The van der Waals surface area contributed by atoms with Crippen molar-refractivity contribution in [1.29, 1.82) is 0 Å². The molecule has 1 saturated heterocycles. The lowest BCUT2D eigenvalue weighted by Gasteiger charge is -2.32. The summed E-state index contributed by atoms with van der Waals surface area (Å²) in [6, 6.07) is 5.67. The number of hydrogen-bond acceptors (Lipinski definition) is 3. The van der Waals surface area contributed by atoms with Gasteiger partial charge in [0.1, 0.15) is 0 Å². The third-order valence-corrected chi connectivity index (χ3v) is 3.68. The first-order valence-electron chi connectivity index (χ1n) is 6.06. The summed E-state index contributed by atoms with van der Waals surface area (Å²) in [5.41, 5.74) is 7.48. The number of rotatable bonds is 3. The van der Waals surface area contributed by atoms with Gasteiger partial charge in [-0.15, -0.1) is 0 Å². The second-order valence-corrected chi connectivity index (χ2v) is 5.18. The number of aliphatic hydroxyl groups excluding tert-OH is 1. The van der Waals surface area contributed by atoms with Crippen molar-refractivity contribution in [3.8, 4) is 0 Å². The van der Waals surface area contributed by atoms with Crippen LogP contribution in [-0.4, -0.2) is 29.7 Å². The Bertz CT molecular complexity index is 384. The Hall–Kier alpha value is -0.770. The van der Waals surface area contributed by atoms with E-state index in [1.165, 1.54) is 0 Å². The fraction of sp³-hybridized carbons (Fsp3) is 0.538. The highest BCUT2D eigenvalue weighted by atomic mass is 35.5. The molecule has 3 nitrogen and oxygen atoms in total. The van der Waals surface area contributed by atoms with Crippen LogP contribution in [0.4, 0.5) is 5.69 Å². The van der Waals surface area contributed by atoms with E-state index in [1.54, 1.807) is 6.07 Å². The van der Waals surface area contributed by atoms with Crippen LogP contribution >= 0.6 is 11.6 Å². The van der Waals surface area contributed by atoms with E-state index in [9.17, 15) is 5.11 Å². The summed E-state index contributed by atoms with van der Waals surface area (Å²) in [5, 5.41) is 9.93. The lowest BCUT2D eigenvalue weighted by Crippen LogP contribution is -2.36. The number of nitrogens with zero attached hydrogens (tertiary/aromatic N) is 1. The van der Waals surface area contributed by atoms with Gasteiger partial charge in [-0.25, -0.2) is 0 Å². The van der Waals surface area contributed by atoms with Crippen LogP contribution in [0.3, 0.4) is 0 Å². The molecule has 0 aliphatic carbocycles. The summed E-state index contributed by atoms with van der Waals surface area (Å²) in [7, 11) is 0. The molecule has 0 radical (unpaired) electrons. The molecule has 1 unspecified atom stereocenters. The molecule has 4 heteroatoms. The topological polar surface area (TPSA) is 49.5 Å². The van der Waals surface area contributed by atoms with E-state index in [4.69, 9.17) is 17.3 Å². The first-order valence-corrected chi connectivity index (χ1v) is 6.44. The smallest absolute Gasteiger partial charge is 0.0471 e. The van der Waals surface area contributed by atoms with Gasteiger partial charge < -0.3 is 10.8 Å². The van der Waals surface area contributed by atoms with Gasteiger partial charge in [-0.1, -0.05) is 17.7 Å². The highest BCUT2D eigenvalue weighted by Crippen LogP contribution is 2.23. The van der Waals surface area contributed by atoms with Gasteiger partial charge in [-0.2, -0.15) is 0 Å². The quantitative estimate of drug-likeness (QED) is 0.813. The van der Waals surface area contributed by atoms with E-state index >= 15 is 0 Å². The summed E-state index contributed by atoms with van der Waals surface area (Å²) in [6.07, 6.45) is 2.28. The molecule has 0 spiro atoms. The van der Waals surface area contributed by atoms with Crippen LogP contribution in [0.1, 0.15) is 18.4 Å². The molecule has 0 amide bonds. The first-order chi connectivity index (χ1) is 8.19. The zero-order valence-corrected chi connectivity index (χ0v) is 10.7. The molecule has 94 valence electrons. The first kappa shape index (κ1) is 12.7. The minimum absolute atomic E-state index is 0.284. The van der Waals surface area contributed by atoms with Crippen LogP contribution in [0.2, 0.25) is 5.02 Å². The number of likely N-dealkylation sites (tertiary alicyclic amines) is 1. The van der Waals surface area contributed by atoms with Crippen LogP contribution in [-0.2, 0) is 6.54 Å². The maximum Gasteiger partial charge on any atom is 0.0471 e. The number of nitrogen functional groups attached to an aromatic ring is 1. The zero-order chi connectivity index (χ0) is 12.3.